The van der Waals surface area contributed by atoms with E-state index in [1.807, 2.05) is 0 Å². The SMILES string of the molecule is CC(=O)c1c(I)ccc(C(F)(F)F)c1C#N. The Labute approximate surface area is 103 Å². The molecule has 0 aliphatic heterocycles. The first kappa shape index (κ1) is 13.0. The Morgan fingerprint density at radius 1 is 1.44 bits per heavy atom. The Kier molecular flexibility index (Phi) is 3.57. The molecule has 0 bridgehead atoms. The van der Waals surface area contributed by atoms with E-state index in [9.17, 15) is 18.0 Å². The molecular formula is C10H5F3INO. The average molecular weight is 339 g/mol. The Balaban J connectivity index is 3.64. The number of Topliss-reactive ketones (excluding diaryl/α,β-unsaturated/α-hetero) is 1. The molecule has 0 atom stereocenters. The summed E-state index contributed by atoms with van der Waals surface area (Å²) in [6.07, 6.45) is -4.63. The minimum Gasteiger partial charge on any atom is -0.294 e. The zero-order valence-electron chi connectivity index (χ0n) is 8.02. The topological polar surface area (TPSA) is 40.9 Å². The van der Waals surface area contributed by atoms with Crippen LogP contribution in [-0.2, 0) is 6.18 Å². The highest BCUT2D eigenvalue weighted by atomic mass is 127. The molecule has 6 heteroatoms. The number of hydrogen-bond acceptors (Lipinski definition) is 2. The lowest BCUT2D eigenvalue weighted by atomic mass is 9.99. The number of nitriles is 1. The Morgan fingerprint density at radius 2 is 2.00 bits per heavy atom. The number of hydrogen-bond donors (Lipinski definition) is 0. The fraction of sp³-hybridized carbons (Fsp3) is 0.200. The lowest BCUT2D eigenvalue weighted by molar-refractivity contribution is -0.137. The zero-order valence-corrected chi connectivity index (χ0v) is 10.2. The van der Waals surface area contributed by atoms with E-state index in [1.165, 1.54) is 12.1 Å². The van der Waals surface area contributed by atoms with Crippen molar-refractivity contribution in [1.29, 1.82) is 5.26 Å². The van der Waals surface area contributed by atoms with Gasteiger partial charge in [0.25, 0.3) is 0 Å². The van der Waals surface area contributed by atoms with Gasteiger partial charge < -0.3 is 0 Å². The fourth-order valence-corrected chi connectivity index (χ4v) is 2.10. The van der Waals surface area contributed by atoms with Gasteiger partial charge in [0.1, 0.15) is 6.07 Å². The van der Waals surface area contributed by atoms with E-state index in [1.54, 1.807) is 22.6 Å². The first-order valence-electron chi connectivity index (χ1n) is 4.09. The molecule has 0 aliphatic carbocycles. The van der Waals surface area contributed by atoms with Crippen LogP contribution in [-0.4, -0.2) is 5.78 Å². The second-order valence-electron chi connectivity index (χ2n) is 3.01. The molecule has 2 nitrogen and oxygen atoms in total. The van der Waals surface area contributed by atoms with E-state index in [4.69, 9.17) is 5.26 Å². The maximum Gasteiger partial charge on any atom is 0.417 e. The molecule has 1 aromatic rings. The highest BCUT2D eigenvalue weighted by molar-refractivity contribution is 14.1. The molecule has 0 heterocycles. The van der Waals surface area contributed by atoms with Crippen molar-refractivity contribution in [3.63, 3.8) is 0 Å². The summed E-state index contributed by atoms with van der Waals surface area (Å²) in [7, 11) is 0. The van der Waals surface area contributed by atoms with Crippen molar-refractivity contribution in [2.24, 2.45) is 0 Å². The quantitative estimate of drug-likeness (QED) is 0.581. The molecule has 1 rings (SSSR count). The van der Waals surface area contributed by atoms with Crippen LogP contribution in [0.1, 0.15) is 28.4 Å². The molecule has 0 aliphatic rings. The molecule has 1 aromatic carbocycles. The summed E-state index contributed by atoms with van der Waals surface area (Å²) >= 11 is 1.73. The van der Waals surface area contributed by atoms with Crippen LogP contribution in [0.4, 0.5) is 13.2 Å². The van der Waals surface area contributed by atoms with Gasteiger partial charge in [-0.3, -0.25) is 4.79 Å². The van der Waals surface area contributed by atoms with Crippen LogP contribution in [0.2, 0.25) is 0 Å². The molecule has 0 saturated carbocycles. The van der Waals surface area contributed by atoms with E-state index in [0.717, 1.165) is 13.0 Å². The molecule has 0 aromatic heterocycles. The first-order valence-corrected chi connectivity index (χ1v) is 5.17. The third-order valence-electron chi connectivity index (χ3n) is 1.92. The van der Waals surface area contributed by atoms with Gasteiger partial charge in [-0.2, -0.15) is 18.4 Å². The molecule has 0 amide bonds. The molecule has 0 fully saturated rings. The third-order valence-corrected chi connectivity index (χ3v) is 2.82. The smallest absolute Gasteiger partial charge is 0.294 e. The minimum atomic E-state index is -4.63. The molecule has 0 N–H and O–H groups in total. The third kappa shape index (κ3) is 2.35. The Hall–Kier alpha value is -1.10. The summed E-state index contributed by atoms with van der Waals surface area (Å²) in [5, 5.41) is 8.73. The van der Waals surface area contributed by atoms with Crippen molar-refractivity contribution in [3.8, 4) is 6.07 Å². The van der Waals surface area contributed by atoms with Crippen LogP contribution in [0.5, 0.6) is 0 Å². The standard InChI is InChI=1S/C10H5F3INO/c1-5(16)9-6(4-15)7(10(11,12)13)2-3-8(9)14/h2-3H,1H3. The molecule has 16 heavy (non-hydrogen) atoms. The number of carbonyl (C=O) groups is 1. The maximum absolute atomic E-state index is 12.5. The lowest BCUT2D eigenvalue weighted by Gasteiger charge is -2.12. The summed E-state index contributed by atoms with van der Waals surface area (Å²) < 4.78 is 38.0. The highest BCUT2D eigenvalue weighted by Crippen LogP contribution is 2.34. The Bertz CT molecular complexity index is 488. The number of halogens is 4. The van der Waals surface area contributed by atoms with Gasteiger partial charge in [-0.15, -0.1) is 0 Å². The van der Waals surface area contributed by atoms with Gasteiger partial charge in [0, 0.05) is 9.13 Å². The van der Waals surface area contributed by atoms with E-state index >= 15 is 0 Å². The number of alkyl halides is 3. The molecule has 0 spiro atoms. The maximum atomic E-state index is 12.5. The number of rotatable bonds is 1. The van der Waals surface area contributed by atoms with Crippen molar-refractivity contribution < 1.29 is 18.0 Å². The van der Waals surface area contributed by atoms with Gasteiger partial charge in [-0.1, -0.05) is 0 Å². The van der Waals surface area contributed by atoms with Crippen molar-refractivity contribution in [2.45, 2.75) is 13.1 Å². The van der Waals surface area contributed by atoms with E-state index < -0.39 is 23.1 Å². The molecule has 0 saturated heterocycles. The minimum absolute atomic E-state index is 0.169. The second kappa shape index (κ2) is 4.41. The van der Waals surface area contributed by atoms with Crippen molar-refractivity contribution in [1.82, 2.24) is 0 Å². The second-order valence-corrected chi connectivity index (χ2v) is 4.17. The van der Waals surface area contributed by atoms with Gasteiger partial charge in [0.2, 0.25) is 0 Å². The van der Waals surface area contributed by atoms with Gasteiger partial charge in [0.05, 0.1) is 11.1 Å². The molecule has 0 unspecified atom stereocenters. The van der Waals surface area contributed by atoms with Crippen LogP contribution in [0.15, 0.2) is 12.1 Å². The number of carbonyl (C=O) groups excluding carboxylic acids is 1. The van der Waals surface area contributed by atoms with Crippen LogP contribution < -0.4 is 0 Å². The monoisotopic (exact) mass is 339 g/mol. The summed E-state index contributed by atoms with van der Waals surface area (Å²) in [5.74, 6) is -0.549. The largest absolute Gasteiger partial charge is 0.417 e. The average Bonchev–Trinajstić information content (AvgIpc) is 2.14. The van der Waals surface area contributed by atoms with E-state index in [-0.39, 0.29) is 5.56 Å². The zero-order chi connectivity index (χ0) is 12.5. The predicted octanol–water partition coefficient (Wildman–Crippen LogP) is 3.38. The first-order chi connectivity index (χ1) is 7.29. The lowest BCUT2D eigenvalue weighted by Crippen LogP contribution is -2.12. The van der Waals surface area contributed by atoms with Gasteiger partial charge in [-0.25, -0.2) is 0 Å². The van der Waals surface area contributed by atoms with Crippen LogP contribution in [0.3, 0.4) is 0 Å². The summed E-state index contributed by atoms with van der Waals surface area (Å²) in [6, 6.07) is 3.44. The Morgan fingerprint density at radius 3 is 2.38 bits per heavy atom. The van der Waals surface area contributed by atoms with Gasteiger partial charge >= 0.3 is 6.18 Å². The summed E-state index contributed by atoms with van der Waals surface area (Å²) in [6.45, 7) is 1.14. The highest BCUT2D eigenvalue weighted by Gasteiger charge is 2.35. The number of nitrogens with zero attached hydrogens (tertiary/aromatic N) is 1. The molecular weight excluding hydrogens is 334 g/mol. The number of ketones is 1. The van der Waals surface area contributed by atoms with E-state index in [2.05, 4.69) is 0 Å². The van der Waals surface area contributed by atoms with Crippen molar-refractivity contribution >= 4 is 28.4 Å². The predicted molar refractivity (Wildman–Crippen MR) is 58.9 cm³/mol. The fourth-order valence-electron chi connectivity index (χ4n) is 1.27. The summed E-state index contributed by atoms with van der Waals surface area (Å²) in [4.78, 5) is 11.2. The van der Waals surface area contributed by atoms with Crippen LogP contribution >= 0.6 is 22.6 Å². The van der Waals surface area contributed by atoms with Crippen LogP contribution in [0, 0.1) is 14.9 Å². The normalized spacial score (nSPS) is 11.0. The summed E-state index contributed by atoms with van der Waals surface area (Å²) in [5.41, 5.74) is -1.84. The van der Waals surface area contributed by atoms with E-state index in [0.29, 0.717) is 3.57 Å². The van der Waals surface area contributed by atoms with Gasteiger partial charge in [-0.05, 0) is 41.6 Å². The number of benzene rings is 1. The van der Waals surface area contributed by atoms with Crippen molar-refractivity contribution in [2.75, 3.05) is 0 Å². The van der Waals surface area contributed by atoms with Crippen molar-refractivity contribution in [3.05, 3.63) is 32.4 Å². The molecule has 84 valence electrons. The molecule has 0 radical (unpaired) electrons. The van der Waals surface area contributed by atoms with Gasteiger partial charge in [0.15, 0.2) is 5.78 Å². The van der Waals surface area contributed by atoms with Crippen LogP contribution in [0.25, 0.3) is 0 Å².